The van der Waals surface area contributed by atoms with E-state index in [-0.39, 0.29) is 10.6 Å². The van der Waals surface area contributed by atoms with Crippen molar-refractivity contribution in [2.45, 2.75) is 12.5 Å². The largest absolute Gasteiger partial charge is 0.325 e. The van der Waals surface area contributed by atoms with E-state index in [0.29, 0.717) is 10.7 Å². The van der Waals surface area contributed by atoms with Crippen LogP contribution >= 0.6 is 23.2 Å². The van der Waals surface area contributed by atoms with Gasteiger partial charge in [0.05, 0.1) is 22.3 Å². The Balaban J connectivity index is 1.83. The third-order valence-corrected chi connectivity index (χ3v) is 4.73. The Hall–Kier alpha value is -2.44. The number of hydrogen-bond acceptors (Lipinski definition) is 4. The predicted octanol–water partition coefficient (Wildman–Crippen LogP) is 3.04. The summed E-state index contributed by atoms with van der Waals surface area (Å²) >= 11 is 11.7. The Bertz CT molecular complexity index is 873. The number of nitrogens with zero attached hydrogens (tertiary/aromatic N) is 2. The molecular formula is C17H13Cl2N3O3. The number of imide groups is 1. The molecule has 25 heavy (non-hydrogen) atoms. The highest BCUT2D eigenvalue weighted by Gasteiger charge is 2.50. The van der Waals surface area contributed by atoms with Gasteiger partial charge in [0.15, 0.2) is 11.3 Å². The minimum Gasteiger partial charge on any atom is -0.318 e. The maximum absolute atomic E-state index is 12.7. The first-order chi connectivity index (χ1) is 11.8. The molecule has 3 rings (SSSR count). The molecule has 1 saturated heterocycles. The summed E-state index contributed by atoms with van der Waals surface area (Å²) in [4.78, 5) is 42.4. The molecule has 1 fully saturated rings. The number of pyridine rings is 1. The number of carbonyl (C=O) groups excluding carboxylic acids is 3. The van der Waals surface area contributed by atoms with Crippen molar-refractivity contribution in [3.8, 4) is 0 Å². The van der Waals surface area contributed by atoms with E-state index in [0.717, 1.165) is 4.90 Å². The molecule has 0 spiro atoms. The normalized spacial score (nSPS) is 19.9. The maximum atomic E-state index is 12.7. The molecule has 1 atom stereocenters. The van der Waals surface area contributed by atoms with Gasteiger partial charge in [-0.1, -0.05) is 29.3 Å². The van der Waals surface area contributed by atoms with Gasteiger partial charge in [-0.05, 0) is 37.3 Å². The van der Waals surface area contributed by atoms with Crippen LogP contribution in [-0.4, -0.2) is 34.2 Å². The number of carbonyl (C=O) groups is 3. The van der Waals surface area contributed by atoms with Gasteiger partial charge in [-0.25, -0.2) is 4.79 Å². The first kappa shape index (κ1) is 17.4. The highest BCUT2D eigenvalue weighted by molar-refractivity contribution is 6.42. The summed E-state index contributed by atoms with van der Waals surface area (Å²) in [7, 11) is 0. The highest BCUT2D eigenvalue weighted by Crippen LogP contribution is 2.28. The molecule has 2 heterocycles. The van der Waals surface area contributed by atoms with Gasteiger partial charge in [0, 0.05) is 11.8 Å². The highest BCUT2D eigenvalue weighted by atomic mass is 35.5. The van der Waals surface area contributed by atoms with Crippen LogP contribution in [0.5, 0.6) is 0 Å². The molecular weight excluding hydrogens is 365 g/mol. The van der Waals surface area contributed by atoms with E-state index < -0.39 is 29.8 Å². The van der Waals surface area contributed by atoms with Crippen molar-refractivity contribution < 1.29 is 14.4 Å². The Morgan fingerprint density at radius 2 is 1.96 bits per heavy atom. The van der Waals surface area contributed by atoms with Crippen molar-refractivity contribution >= 4 is 40.9 Å². The van der Waals surface area contributed by atoms with Crippen LogP contribution in [-0.2, 0) is 10.3 Å². The number of ketones is 1. The SMILES string of the molecule is C[C@]1(c2ccccn2)NC(=O)N(CC(=O)c2ccc(Cl)c(Cl)c2)C1=O. The summed E-state index contributed by atoms with van der Waals surface area (Å²) in [6, 6.07) is 8.81. The van der Waals surface area contributed by atoms with E-state index in [1.54, 1.807) is 25.1 Å². The van der Waals surface area contributed by atoms with Crippen LogP contribution in [0.3, 0.4) is 0 Å². The van der Waals surface area contributed by atoms with Crippen LogP contribution in [0.15, 0.2) is 42.6 Å². The van der Waals surface area contributed by atoms with Gasteiger partial charge >= 0.3 is 6.03 Å². The molecule has 0 aliphatic carbocycles. The van der Waals surface area contributed by atoms with Crippen LogP contribution < -0.4 is 5.32 Å². The number of benzene rings is 1. The minimum absolute atomic E-state index is 0.225. The Kier molecular flexibility index (Phi) is 4.49. The second-order valence-electron chi connectivity index (χ2n) is 5.71. The second kappa shape index (κ2) is 6.46. The Morgan fingerprint density at radius 3 is 2.60 bits per heavy atom. The third-order valence-electron chi connectivity index (χ3n) is 4.00. The summed E-state index contributed by atoms with van der Waals surface area (Å²) in [5.74, 6) is -0.961. The van der Waals surface area contributed by atoms with Crippen LogP contribution in [0.25, 0.3) is 0 Å². The summed E-state index contributed by atoms with van der Waals surface area (Å²) < 4.78 is 0. The molecule has 0 unspecified atom stereocenters. The minimum atomic E-state index is -1.31. The van der Waals surface area contributed by atoms with E-state index in [1.165, 1.54) is 24.4 Å². The lowest BCUT2D eigenvalue weighted by Gasteiger charge is -2.20. The first-order valence-electron chi connectivity index (χ1n) is 7.37. The number of Topliss-reactive ketones (excluding diaryl/α,β-unsaturated/α-hetero) is 1. The molecule has 1 aromatic carbocycles. The maximum Gasteiger partial charge on any atom is 0.325 e. The number of urea groups is 1. The van der Waals surface area contributed by atoms with Gasteiger partial charge in [0.2, 0.25) is 0 Å². The number of amides is 3. The van der Waals surface area contributed by atoms with Crippen molar-refractivity contribution in [1.29, 1.82) is 0 Å². The molecule has 2 aromatic rings. The molecule has 0 bridgehead atoms. The Labute approximate surface area is 153 Å². The number of aromatic nitrogens is 1. The second-order valence-corrected chi connectivity index (χ2v) is 6.53. The molecule has 1 aliphatic heterocycles. The van der Waals surface area contributed by atoms with Crippen LogP contribution in [0.1, 0.15) is 23.0 Å². The molecule has 0 saturated carbocycles. The number of halogens is 2. The zero-order valence-electron chi connectivity index (χ0n) is 13.1. The van der Waals surface area contributed by atoms with Gasteiger partial charge in [0.25, 0.3) is 5.91 Å². The van der Waals surface area contributed by atoms with Crippen molar-refractivity contribution in [1.82, 2.24) is 15.2 Å². The lowest BCUT2D eigenvalue weighted by Crippen LogP contribution is -2.42. The van der Waals surface area contributed by atoms with E-state index in [4.69, 9.17) is 23.2 Å². The summed E-state index contributed by atoms with van der Waals surface area (Å²) in [6.07, 6.45) is 1.53. The van der Waals surface area contributed by atoms with E-state index in [2.05, 4.69) is 10.3 Å². The van der Waals surface area contributed by atoms with E-state index in [9.17, 15) is 14.4 Å². The zero-order chi connectivity index (χ0) is 18.2. The number of nitrogens with one attached hydrogen (secondary N) is 1. The fourth-order valence-electron chi connectivity index (χ4n) is 2.58. The molecule has 128 valence electrons. The lowest BCUT2D eigenvalue weighted by atomic mass is 9.97. The predicted molar refractivity (Wildman–Crippen MR) is 92.6 cm³/mol. The standard InChI is InChI=1S/C17H13Cl2N3O3/c1-17(14-4-2-3-7-20-14)15(24)22(16(25)21-17)9-13(23)10-5-6-11(18)12(19)8-10/h2-8H,9H2,1H3,(H,21,25)/t17-/m1/s1. The van der Waals surface area contributed by atoms with Crippen molar-refractivity contribution in [3.05, 3.63) is 63.9 Å². The van der Waals surface area contributed by atoms with Gasteiger partial charge in [-0.15, -0.1) is 0 Å². The zero-order valence-corrected chi connectivity index (χ0v) is 14.6. The van der Waals surface area contributed by atoms with Gasteiger partial charge in [0.1, 0.15) is 0 Å². The molecule has 1 aromatic heterocycles. The summed E-state index contributed by atoms with van der Waals surface area (Å²) in [6.45, 7) is 1.16. The topological polar surface area (TPSA) is 79.4 Å². The first-order valence-corrected chi connectivity index (χ1v) is 8.12. The quantitative estimate of drug-likeness (QED) is 0.655. The average Bonchev–Trinajstić information content (AvgIpc) is 2.82. The smallest absolute Gasteiger partial charge is 0.318 e. The van der Waals surface area contributed by atoms with Crippen LogP contribution in [0.2, 0.25) is 10.0 Å². The molecule has 8 heteroatoms. The monoisotopic (exact) mass is 377 g/mol. The molecule has 0 radical (unpaired) electrons. The Morgan fingerprint density at radius 1 is 1.20 bits per heavy atom. The van der Waals surface area contributed by atoms with E-state index >= 15 is 0 Å². The summed E-state index contributed by atoms with van der Waals surface area (Å²) in [5.41, 5.74) is -0.643. The fraction of sp³-hybridized carbons (Fsp3) is 0.176. The molecule has 1 N–H and O–H groups in total. The van der Waals surface area contributed by atoms with Gasteiger partial charge in [-0.2, -0.15) is 0 Å². The van der Waals surface area contributed by atoms with Crippen molar-refractivity contribution in [3.63, 3.8) is 0 Å². The molecule has 6 nitrogen and oxygen atoms in total. The lowest BCUT2D eigenvalue weighted by molar-refractivity contribution is -0.130. The van der Waals surface area contributed by atoms with Crippen molar-refractivity contribution in [2.75, 3.05) is 6.54 Å². The summed E-state index contributed by atoms with van der Waals surface area (Å²) in [5, 5.41) is 3.14. The molecule has 1 aliphatic rings. The molecule has 3 amide bonds. The van der Waals surface area contributed by atoms with Gasteiger partial charge in [-0.3, -0.25) is 19.5 Å². The third kappa shape index (κ3) is 3.10. The average molecular weight is 378 g/mol. The van der Waals surface area contributed by atoms with Crippen LogP contribution in [0.4, 0.5) is 4.79 Å². The van der Waals surface area contributed by atoms with Gasteiger partial charge < -0.3 is 5.32 Å². The van der Waals surface area contributed by atoms with E-state index in [1.807, 2.05) is 0 Å². The fourth-order valence-corrected chi connectivity index (χ4v) is 2.88. The van der Waals surface area contributed by atoms with Crippen molar-refractivity contribution in [2.24, 2.45) is 0 Å². The number of rotatable bonds is 4. The van der Waals surface area contributed by atoms with Crippen LogP contribution in [0, 0.1) is 0 Å². The number of hydrogen-bond donors (Lipinski definition) is 1.